The maximum atomic E-state index is 14.6. The van der Waals surface area contributed by atoms with Crippen LogP contribution < -0.4 is 9.04 Å². The van der Waals surface area contributed by atoms with Gasteiger partial charge in [-0.05, 0) is 58.2 Å². The molecule has 0 aliphatic heterocycles. The highest BCUT2D eigenvalue weighted by Gasteiger charge is 2.30. The highest BCUT2D eigenvalue weighted by atomic mass is 79.9. The van der Waals surface area contributed by atoms with Crippen LogP contribution in [0.25, 0.3) is 0 Å². The molecule has 0 saturated heterocycles. The fraction of sp³-hybridized carbons (Fsp3) is 0.158. The summed E-state index contributed by atoms with van der Waals surface area (Å²) >= 11 is 9.12. The van der Waals surface area contributed by atoms with Crippen molar-refractivity contribution in [3.63, 3.8) is 0 Å². The number of hydrogen-bond donors (Lipinski definition) is 0. The van der Waals surface area contributed by atoms with Gasteiger partial charge in [0.05, 0.1) is 18.7 Å². The molecule has 1 heterocycles. The van der Waals surface area contributed by atoms with Gasteiger partial charge in [0.25, 0.3) is 10.0 Å². The van der Waals surface area contributed by atoms with Crippen molar-refractivity contribution >= 4 is 43.4 Å². The van der Waals surface area contributed by atoms with Gasteiger partial charge in [-0.2, -0.15) is 0 Å². The maximum Gasteiger partial charge on any atom is 0.268 e. The van der Waals surface area contributed by atoms with E-state index in [0.29, 0.717) is 11.3 Å². The van der Waals surface area contributed by atoms with Gasteiger partial charge in [0.2, 0.25) is 0 Å². The third-order valence-electron chi connectivity index (χ3n) is 4.23. The van der Waals surface area contributed by atoms with Crippen LogP contribution in [0.5, 0.6) is 5.75 Å². The van der Waals surface area contributed by atoms with Crippen LogP contribution in [0.2, 0.25) is 5.02 Å². The summed E-state index contributed by atoms with van der Waals surface area (Å²) in [6.07, 6.45) is 2.64. The standard InChI is InChI=1S/C19H16BrClFN3O3S/c1-12-7-14(28-2)4-3-13(12)10-25(19-5-6-23-11-24-19)29(26,27)18-9-16(21)15(20)8-17(18)22/h3-9,11H,10H2,1-2H3. The van der Waals surface area contributed by atoms with Crippen LogP contribution in [-0.4, -0.2) is 25.5 Å². The minimum Gasteiger partial charge on any atom is -0.497 e. The molecule has 6 nitrogen and oxygen atoms in total. The molecule has 152 valence electrons. The van der Waals surface area contributed by atoms with Crippen LogP contribution in [0.4, 0.5) is 10.2 Å². The average Bonchev–Trinajstić information content (AvgIpc) is 2.70. The van der Waals surface area contributed by atoms with E-state index >= 15 is 0 Å². The largest absolute Gasteiger partial charge is 0.497 e. The number of aryl methyl sites for hydroxylation is 1. The molecule has 0 atom stereocenters. The molecule has 0 saturated carbocycles. The first-order chi connectivity index (χ1) is 13.7. The lowest BCUT2D eigenvalue weighted by Gasteiger charge is -2.24. The van der Waals surface area contributed by atoms with Crippen LogP contribution in [0.1, 0.15) is 11.1 Å². The molecule has 0 bridgehead atoms. The van der Waals surface area contributed by atoms with Gasteiger partial charge in [0.15, 0.2) is 0 Å². The summed E-state index contributed by atoms with van der Waals surface area (Å²) in [5.41, 5.74) is 1.52. The Morgan fingerprint density at radius 2 is 2.00 bits per heavy atom. The second-order valence-electron chi connectivity index (χ2n) is 6.07. The van der Waals surface area contributed by atoms with E-state index in [9.17, 15) is 12.8 Å². The second-order valence-corrected chi connectivity index (χ2v) is 9.16. The van der Waals surface area contributed by atoms with Crippen molar-refractivity contribution in [2.45, 2.75) is 18.4 Å². The van der Waals surface area contributed by atoms with E-state index in [1.807, 2.05) is 6.92 Å². The Hall–Kier alpha value is -2.23. The number of benzene rings is 2. The zero-order valence-electron chi connectivity index (χ0n) is 15.4. The Kier molecular flexibility index (Phi) is 6.40. The average molecular weight is 501 g/mol. The molecule has 0 aliphatic carbocycles. The van der Waals surface area contributed by atoms with Gasteiger partial charge in [0, 0.05) is 16.7 Å². The lowest BCUT2D eigenvalue weighted by molar-refractivity contribution is 0.414. The van der Waals surface area contributed by atoms with E-state index in [1.165, 1.54) is 18.6 Å². The summed E-state index contributed by atoms with van der Waals surface area (Å²) < 4.78 is 47.8. The topological polar surface area (TPSA) is 72.4 Å². The molecule has 0 fully saturated rings. The number of nitrogens with zero attached hydrogens (tertiary/aromatic N) is 3. The number of rotatable bonds is 6. The number of ether oxygens (including phenoxy) is 1. The SMILES string of the molecule is COc1ccc(CN(c2ccncn2)S(=O)(=O)c2cc(Cl)c(Br)cc2F)c(C)c1. The Labute approximate surface area is 181 Å². The number of aromatic nitrogens is 2. The predicted molar refractivity (Wildman–Crippen MR) is 112 cm³/mol. The molecule has 0 aliphatic rings. The van der Waals surface area contributed by atoms with Gasteiger partial charge in [-0.1, -0.05) is 17.7 Å². The number of sulfonamides is 1. The lowest BCUT2D eigenvalue weighted by Crippen LogP contribution is -2.32. The summed E-state index contributed by atoms with van der Waals surface area (Å²) in [5, 5.41) is 0.0771. The molecule has 0 unspecified atom stereocenters. The van der Waals surface area contributed by atoms with Crippen molar-refractivity contribution in [2.75, 3.05) is 11.4 Å². The Bertz CT molecular complexity index is 1150. The van der Waals surface area contributed by atoms with Gasteiger partial charge in [0.1, 0.15) is 28.6 Å². The number of hydrogen-bond acceptors (Lipinski definition) is 5. The molecular weight excluding hydrogens is 485 g/mol. The van der Waals surface area contributed by atoms with Crippen molar-refractivity contribution in [2.24, 2.45) is 0 Å². The third kappa shape index (κ3) is 4.52. The first-order valence-corrected chi connectivity index (χ1v) is 10.9. The first-order valence-electron chi connectivity index (χ1n) is 8.31. The van der Waals surface area contributed by atoms with Crippen LogP contribution in [0.15, 0.2) is 58.3 Å². The molecule has 10 heteroatoms. The van der Waals surface area contributed by atoms with Crippen molar-refractivity contribution < 1.29 is 17.5 Å². The van der Waals surface area contributed by atoms with Crippen LogP contribution >= 0.6 is 27.5 Å². The molecule has 3 rings (SSSR count). The van der Waals surface area contributed by atoms with Crippen molar-refractivity contribution in [3.8, 4) is 5.75 Å². The molecule has 1 aromatic heterocycles. The molecular formula is C19H16BrClFN3O3S. The minimum atomic E-state index is -4.32. The summed E-state index contributed by atoms with van der Waals surface area (Å²) in [5.74, 6) is -0.172. The van der Waals surface area contributed by atoms with Gasteiger partial charge in [-0.15, -0.1) is 0 Å². The van der Waals surface area contributed by atoms with E-state index in [4.69, 9.17) is 16.3 Å². The third-order valence-corrected chi connectivity index (χ3v) is 7.19. The summed E-state index contributed by atoms with van der Waals surface area (Å²) in [6, 6.07) is 8.80. The Morgan fingerprint density at radius 3 is 2.62 bits per heavy atom. The van der Waals surface area contributed by atoms with Crippen molar-refractivity contribution in [1.29, 1.82) is 0 Å². The highest BCUT2D eigenvalue weighted by molar-refractivity contribution is 9.10. The van der Waals surface area contributed by atoms with Crippen LogP contribution in [0, 0.1) is 12.7 Å². The molecule has 0 amide bonds. The molecule has 0 spiro atoms. The summed E-state index contributed by atoms with van der Waals surface area (Å²) in [4.78, 5) is 7.32. The fourth-order valence-electron chi connectivity index (χ4n) is 2.67. The van der Waals surface area contributed by atoms with Gasteiger partial charge in [-0.25, -0.2) is 27.1 Å². The zero-order valence-corrected chi connectivity index (χ0v) is 18.6. The lowest BCUT2D eigenvalue weighted by atomic mass is 10.1. The van der Waals surface area contributed by atoms with Gasteiger partial charge >= 0.3 is 0 Å². The molecule has 0 N–H and O–H groups in total. The molecule has 29 heavy (non-hydrogen) atoms. The first kappa shape index (κ1) is 21.5. The smallest absolute Gasteiger partial charge is 0.268 e. The van der Waals surface area contributed by atoms with E-state index < -0.39 is 20.7 Å². The van der Waals surface area contributed by atoms with E-state index in [-0.39, 0.29) is 21.9 Å². The monoisotopic (exact) mass is 499 g/mol. The Morgan fingerprint density at radius 1 is 1.24 bits per heavy atom. The quantitative estimate of drug-likeness (QED) is 0.457. The molecule has 0 radical (unpaired) electrons. The van der Waals surface area contributed by atoms with E-state index in [1.54, 1.807) is 25.3 Å². The van der Waals surface area contributed by atoms with Crippen LogP contribution in [0.3, 0.4) is 0 Å². The number of anilines is 1. The normalized spacial score (nSPS) is 11.3. The van der Waals surface area contributed by atoms with Crippen LogP contribution in [-0.2, 0) is 16.6 Å². The van der Waals surface area contributed by atoms with E-state index in [0.717, 1.165) is 22.0 Å². The number of halogens is 3. The second kappa shape index (κ2) is 8.64. The van der Waals surface area contributed by atoms with Crippen molar-refractivity contribution in [3.05, 3.63) is 75.4 Å². The predicted octanol–water partition coefficient (Wildman–Crippen LogP) is 4.74. The number of methoxy groups -OCH3 is 1. The van der Waals surface area contributed by atoms with Gasteiger partial charge < -0.3 is 4.74 Å². The summed E-state index contributed by atoms with van der Waals surface area (Å²) in [7, 11) is -2.78. The minimum absolute atomic E-state index is 0.0672. The Balaban J connectivity index is 2.13. The highest BCUT2D eigenvalue weighted by Crippen LogP contribution is 2.32. The fourth-order valence-corrected chi connectivity index (χ4v) is 4.69. The maximum absolute atomic E-state index is 14.6. The van der Waals surface area contributed by atoms with Crippen molar-refractivity contribution in [1.82, 2.24) is 9.97 Å². The summed E-state index contributed by atoms with van der Waals surface area (Å²) in [6.45, 7) is 1.77. The van der Waals surface area contributed by atoms with E-state index in [2.05, 4.69) is 25.9 Å². The molecule has 3 aromatic rings. The zero-order chi connectivity index (χ0) is 21.2. The van der Waals surface area contributed by atoms with Gasteiger partial charge in [-0.3, -0.25) is 0 Å². The molecule has 2 aromatic carbocycles.